The number of ether oxygens (including phenoxy) is 1. The molecule has 0 N–H and O–H groups in total. The molecule has 2 fully saturated rings. The van der Waals surface area contributed by atoms with Crippen molar-refractivity contribution in [3.8, 4) is 0 Å². The summed E-state index contributed by atoms with van der Waals surface area (Å²) in [6.45, 7) is 10.4. The van der Waals surface area contributed by atoms with Crippen LogP contribution in [0.4, 0.5) is 0 Å². The molecule has 2 unspecified atom stereocenters. The highest BCUT2D eigenvalue weighted by Crippen LogP contribution is 2.40. The Balaban J connectivity index is 1.99. The molecule has 0 aromatic heterocycles. The van der Waals surface area contributed by atoms with Crippen molar-refractivity contribution in [2.75, 3.05) is 19.7 Å². The molecule has 2 atom stereocenters. The standard InChI is InChI=1S/C12H23NO/c1-10(2)13-6-4-5-12(8-13)7-11(3)14-9-12/h10-11H,4-9H2,1-3H3. The van der Waals surface area contributed by atoms with Crippen molar-refractivity contribution in [2.24, 2.45) is 5.41 Å². The number of piperidine rings is 1. The van der Waals surface area contributed by atoms with Crippen LogP contribution < -0.4 is 0 Å². The molecule has 0 aromatic carbocycles. The second-order valence-corrected chi connectivity index (χ2v) is 5.49. The summed E-state index contributed by atoms with van der Waals surface area (Å²) in [6.07, 6.45) is 4.49. The van der Waals surface area contributed by atoms with Crippen LogP contribution in [0, 0.1) is 5.41 Å². The smallest absolute Gasteiger partial charge is 0.0553 e. The Morgan fingerprint density at radius 2 is 2.21 bits per heavy atom. The van der Waals surface area contributed by atoms with Gasteiger partial charge in [-0.05, 0) is 46.6 Å². The third-order valence-corrected chi connectivity index (χ3v) is 3.82. The van der Waals surface area contributed by atoms with Crippen molar-refractivity contribution in [3.05, 3.63) is 0 Å². The van der Waals surface area contributed by atoms with Crippen molar-refractivity contribution in [1.29, 1.82) is 0 Å². The van der Waals surface area contributed by atoms with Crippen LogP contribution in [0.3, 0.4) is 0 Å². The number of hydrogen-bond donors (Lipinski definition) is 0. The fourth-order valence-corrected chi connectivity index (χ4v) is 3.02. The second kappa shape index (κ2) is 3.82. The Bertz CT molecular complexity index is 200. The Morgan fingerprint density at radius 1 is 1.43 bits per heavy atom. The van der Waals surface area contributed by atoms with E-state index < -0.39 is 0 Å². The van der Waals surface area contributed by atoms with Crippen LogP contribution >= 0.6 is 0 Å². The fourth-order valence-electron chi connectivity index (χ4n) is 3.02. The zero-order valence-electron chi connectivity index (χ0n) is 9.75. The van der Waals surface area contributed by atoms with E-state index in [0.29, 0.717) is 17.6 Å². The van der Waals surface area contributed by atoms with Gasteiger partial charge in [-0.1, -0.05) is 0 Å². The topological polar surface area (TPSA) is 12.5 Å². The Morgan fingerprint density at radius 3 is 2.79 bits per heavy atom. The Labute approximate surface area is 87.6 Å². The lowest BCUT2D eigenvalue weighted by atomic mass is 9.78. The first kappa shape index (κ1) is 10.4. The van der Waals surface area contributed by atoms with Gasteiger partial charge in [-0.2, -0.15) is 0 Å². The minimum absolute atomic E-state index is 0.488. The van der Waals surface area contributed by atoms with Gasteiger partial charge in [0.25, 0.3) is 0 Å². The van der Waals surface area contributed by atoms with Gasteiger partial charge in [-0.15, -0.1) is 0 Å². The van der Waals surface area contributed by atoms with Gasteiger partial charge in [0.1, 0.15) is 0 Å². The maximum Gasteiger partial charge on any atom is 0.0553 e. The van der Waals surface area contributed by atoms with Gasteiger partial charge in [-0.25, -0.2) is 0 Å². The molecular weight excluding hydrogens is 174 g/mol. The summed E-state index contributed by atoms with van der Waals surface area (Å²) in [4.78, 5) is 2.62. The molecule has 2 heteroatoms. The predicted molar refractivity (Wildman–Crippen MR) is 58.4 cm³/mol. The molecule has 0 radical (unpaired) electrons. The van der Waals surface area contributed by atoms with E-state index in [1.165, 1.54) is 32.4 Å². The summed E-state index contributed by atoms with van der Waals surface area (Å²) in [5.41, 5.74) is 0.502. The lowest BCUT2D eigenvalue weighted by Crippen LogP contribution is -2.46. The molecule has 0 saturated carbocycles. The van der Waals surface area contributed by atoms with Crippen LogP contribution in [0.5, 0.6) is 0 Å². The molecule has 0 bridgehead atoms. The second-order valence-electron chi connectivity index (χ2n) is 5.49. The SMILES string of the molecule is CC1CC2(CCCN(C(C)C)C2)CO1. The highest BCUT2D eigenvalue weighted by molar-refractivity contribution is 4.92. The molecule has 0 aliphatic carbocycles. The summed E-state index contributed by atoms with van der Waals surface area (Å²) < 4.78 is 5.75. The molecule has 2 heterocycles. The first-order valence-corrected chi connectivity index (χ1v) is 5.97. The molecule has 2 saturated heterocycles. The van der Waals surface area contributed by atoms with Gasteiger partial charge < -0.3 is 9.64 Å². The van der Waals surface area contributed by atoms with E-state index in [1.54, 1.807) is 0 Å². The zero-order valence-corrected chi connectivity index (χ0v) is 9.75. The molecule has 2 rings (SSSR count). The van der Waals surface area contributed by atoms with Crippen LogP contribution in [-0.4, -0.2) is 36.7 Å². The van der Waals surface area contributed by atoms with Gasteiger partial charge in [0.05, 0.1) is 12.7 Å². The Kier molecular flexibility index (Phi) is 2.85. The largest absolute Gasteiger partial charge is 0.378 e. The average molecular weight is 197 g/mol. The summed E-state index contributed by atoms with van der Waals surface area (Å²) in [5, 5.41) is 0. The third kappa shape index (κ3) is 1.96. The van der Waals surface area contributed by atoms with Gasteiger partial charge in [-0.3, -0.25) is 0 Å². The van der Waals surface area contributed by atoms with Crippen LogP contribution in [0.2, 0.25) is 0 Å². The maximum absolute atomic E-state index is 5.75. The third-order valence-electron chi connectivity index (χ3n) is 3.82. The van der Waals surface area contributed by atoms with E-state index in [0.717, 1.165) is 6.61 Å². The lowest BCUT2D eigenvalue weighted by Gasteiger charge is -2.41. The van der Waals surface area contributed by atoms with Crippen LogP contribution in [0.25, 0.3) is 0 Å². The van der Waals surface area contributed by atoms with E-state index in [9.17, 15) is 0 Å². The number of nitrogens with zero attached hydrogens (tertiary/aromatic N) is 1. The van der Waals surface area contributed by atoms with Crippen molar-refractivity contribution in [2.45, 2.75) is 52.2 Å². The predicted octanol–water partition coefficient (Wildman–Crippen LogP) is 2.29. The highest BCUT2D eigenvalue weighted by atomic mass is 16.5. The van der Waals surface area contributed by atoms with Gasteiger partial charge in [0.2, 0.25) is 0 Å². The van der Waals surface area contributed by atoms with Crippen molar-refractivity contribution >= 4 is 0 Å². The molecule has 0 amide bonds. The van der Waals surface area contributed by atoms with Crippen LogP contribution in [0.1, 0.15) is 40.0 Å². The van der Waals surface area contributed by atoms with Crippen molar-refractivity contribution in [3.63, 3.8) is 0 Å². The molecule has 2 nitrogen and oxygen atoms in total. The molecular formula is C12H23NO. The van der Waals surface area contributed by atoms with Crippen molar-refractivity contribution in [1.82, 2.24) is 4.90 Å². The molecule has 82 valence electrons. The van der Waals surface area contributed by atoms with Gasteiger partial charge >= 0.3 is 0 Å². The summed E-state index contributed by atoms with van der Waals surface area (Å²) >= 11 is 0. The van der Waals surface area contributed by atoms with E-state index in [4.69, 9.17) is 4.74 Å². The maximum atomic E-state index is 5.75. The number of hydrogen-bond acceptors (Lipinski definition) is 2. The normalized spacial score (nSPS) is 39.9. The number of rotatable bonds is 1. The zero-order chi connectivity index (χ0) is 10.2. The van der Waals surface area contributed by atoms with Crippen LogP contribution in [-0.2, 0) is 4.74 Å². The minimum atomic E-state index is 0.488. The van der Waals surface area contributed by atoms with Gasteiger partial charge in [0, 0.05) is 18.0 Å². The Hall–Kier alpha value is -0.0800. The van der Waals surface area contributed by atoms with Gasteiger partial charge in [0.15, 0.2) is 0 Å². The van der Waals surface area contributed by atoms with Crippen LogP contribution in [0.15, 0.2) is 0 Å². The molecule has 1 spiro atoms. The highest BCUT2D eigenvalue weighted by Gasteiger charge is 2.41. The average Bonchev–Trinajstić information content (AvgIpc) is 2.47. The van der Waals surface area contributed by atoms with E-state index in [1.807, 2.05) is 0 Å². The van der Waals surface area contributed by atoms with E-state index >= 15 is 0 Å². The molecule has 2 aliphatic rings. The lowest BCUT2D eigenvalue weighted by molar-refractivity contribution is 0.0465. The summed E-state index contributed by atoms with van der Waals surface area (Å²) in [7, 11) is 0. The quantitative estimate of drug-likeness (QED) is 0.639. The summed E-state index contributed by atoms with van der Waals surface area (Å²) in [5.74, 6) is 0. The molecule has 14 heavy (non-hydrogen) atoms. The summed E-state index contributed by atoms with van der Waals surface area (Å²) in [6, 6.07) is 0.697. The van der Waals surface area contributed by atoms with E-state index in [-0.39, 0.29) is 0 Å². The van der Waals surface area contributed by atoms with Crippen molar-refractivity contribution < 1.29 is 4.74 Å². The first-order chi connectivity index (χ1) is 6.61. The number of likely N-dealkylation sites (tertiary alicyclic amines) is 1. The first-order valence-electron chi connectivity index (χ1n) is 5.97. The molecule has 2 aliphatic heterocycles. The minimum Gasteiger partial charge on any atom is -0.378 e. The monoisotopic (exact) mass is 197 g/mol. The fraction of sp³-hybridized carbons (Fsp3) is 1.00. The van der Waals surface area contributed by atoms with E-state index in [2.05, 4.69) is 25.7 Å². The molecule has 0 aromatic rings.